The number of nitrogens with zero attached hydrogens (tertiary/aromatic N) is 6. The maximum atomic E-state index is 14.9. The number of carbonyl (C=O) groups is 1. The van der Waals surface area contributed by atoms with E-state index in [0.717, 1.165) is 87.6 Å². The van der Waals surface area contributed by atoms with Crippen molar-refractivity contribution in [1.82, 2.24) is 38.0 Å². The van der Waals surface area contributed by atoms with Crippen LogP contribution in [0.25, 0.3) is 33.4 Å². The highest BCUT2D eigenvalue weighted by atomic mass is 19.4. The molecule has 0 aliphatic carbocycles. The summed E-state index contributed by atoms with van der Waals surface area (Å²) in [6.45, 7) is 1.91. The molecule has 9 aromatic carbocycles. The van der Waals surface area contributed by atoms with Gasteiger partial charge < -0.3 is 41.2 Å². The Balaban J connectivity index is 0.000000196. The molecule has 3 heterocycles. The molecule has 3 aromatic heterocycles. The lowest BCUT2D eigenvalue weighted by atomic mass is 10.0. The number of phenolic OH excluding ortho intramolecular Hbond substituents is 1. The van der Waals surface area contributed by atoms with E-state index in [4.69, 9.17) is 25.4 Å². The number of aliphatic carboxylic acids is 1. The molecule has 0 radical (unpaired) electrons. The lowest BCUT2D eigenvalue weighted by Gasteiger charge is -2.22. The third-order valence-electron chi connectivity index (χ3n) is 21.2. The highest BCUT2D eigenvalue weighted by Gasteiger charge is 2.39. The summed E-state index contributed by atoms with van der Waals surface area (Å²) in [5.74, 6) is -3.43. The van der Waals surface area contributed by atoms with Crippen LogP contribution in [0.1, 0.15) is 117 Å². The zero-order chi connectivity index (χ0) is 90.8. The number of rotatable bonds is 31. The van der Waals surface area contributed by atoms with Gasteiger partial charge in [0.05, 0.1) is 72.6 Å². The molecule has 0 fully saturated rings. The monoisotopic (exact) mass is 1740 g/mol. The summed E-state index contributed by atoms with van der Waals surface area (Å²) in [6, 6.07) is 52.1. The number of hydrogen-bond donors (Lipinski definition) is 6. The second-order valence-corrected chi connectivity index (χ2v) is 29.0. The van der Waals surface area contributed by atoms with Crippen LogP contribution in [-0.2, 0) is 62.6 Å². The Labute approximate surface area is 707 Å². The number of para-hydroxylation sites is 3. The number of ether oxygens (including phenoxy) is 2. The fraction of sp³-hybridized carbons (Fsp3) is 0.272. The molecule has 0 unspecified atom stereocenters. The quantitative estimate of drug-likeness (QED) is 0.0174. The molecule has 0 saturated heterocycles. The second-order valence-electron chi connectivity index (χ2n) is 29.0. The van der Waals surface area contributed by atoms with E-state index in [-0.39, 0.29) is 104 Å². The van der Waals surface area contributed by atoms with Crippen LogP contribution in [0.4, 0.5) is 52.7 Å². The third kappa shape index (κ3) is 22.5. The molecule has 12 aromatic rings. The number of benzene rings is 9. The summed E-state index contributed by atoms with van der Waals surface area (Å²) in [5.41, 5.74) is 0.0718. The van der Waals surface area contributed by atoms with Crippen LogP contribution >= 0.6 is 0 Å². The molecule has 0 saturated carbocycles. The minimum atomic E-state index is -4.88. The number of hydrogen-bond acceptors (Lipinski definition) is 14. The van der Waals surface area contributed by atoms with Gasteiger partial charge in [0.25, 0.3) is 16.7 Å². The average Bonchev–Trinajstić information content (AvgIpc) is 0.766. The third-order valence-corrected chi connectivity index (χ3v) is 21.2. The Morgan fingerprint density at radius 2 is 0.720 bits per heavy atom. The fourth-order valence-corrected chi connectivity index (χ4v) is 14.7. The lowest BCUT2D eigenvalue weighted by Crippen LogP contribution is -2.43. The van der Waals surface area contributed by atoms with Gasteiger partial charge in [0.15, 0.2) is 0 Å². The van der Waals surface area contributed by atoms with Gasteiger partial charge in [-0.1, -0.05) is 164 Å². The molecule has 0 bridgehead atoms. The largest absolute Gasteiger partial charge is 0.508 e. The summed E-state index contributed by atoms with van der Waals surface area (Å²) in [6.07, 6.45) is -13.9. The number of halogens is 12. The molecule has 3 atom stereocenters. The molecule has 7 N–H and O–H groups in total. The minimum Gasteiger partial charge on any atom is -0.508 e. The van der Waals surface area contributed by atoms with Gasteiger partial charge in [-0.25, -0.2) is 27.6 Å². The van der Waals surface area contributed by atoms with Crippen molar-refractivity contribution in [3.8, 4) is 50.6 Å². The number of aliphatic hydroxyl groups is 1. The Morgan fingerprint density at radius 1 is 0.408 bits per heavy atom. The van der Waals surface area contributed by atoms with Crippen molar-refractivity contribution >= 4 is 5.97 Å². The van der Waals surface area contributed by atoms with Gasteiger partial charge in [0.1, 0.15) is 34.7 Å². The van der Waals surface area contributed by atoms with Gasteiger partial charge >= 0.3 is 41.6 Å². The van der Waals surface area contributed by atoms with Crippen molar-refractivity contribution < 1.29 is 82.3 Å². The average molecular weight is 1740 g/mol. The molecule has 12 rings (SSSR count). The van der Waals surface area contributed by atoms with Crippen molar-refractivity contribution in [2.45, 2.75) is 129 Å². The standard InChI is InChI=1S/C32H33F4N3O4.C31H29F4N3O5.C29H27F4N3O3/c1-21-29(22-10-4-3-5-11-22)30(41)38(17-16-27(37-2)23-12-6-7-15-28(23)43-19-9-18-40)31(42)39(21)20-24-25(32(34,35)36)13-8-14-26(24)33;1-19-28(20-8-3-2-4-9-20)29(41)37(16-14-25(36)21-10-5-6-13-26(21)43-17-15-27(39)40)30(42)38(19)18-22-23(31(33,34)35)11-7-12-24(22)32;1-18-26(19-9-4-3-5-10-19)27(38)35(16-15-24(34-2)20-11-6-7-14-25(20)37)28(39)36(18)17-21-22(29(31,32)33)12-8-13-23(21)30/h3-8,10-15,27,37,40H,9,16-20H2,1-2H3;2-13,25H,14-18,36H2,1H3,(H,39,40);3-14,24,34,37H,15-17H2,1-2H3/t27-;25-;24-/m000/s1. The summed E-state index contributed by atoms with van der Waals surface area (Å²) in [4.78, 5) is 93.2. The van der Waals surface area contributed by atoms with Crippen LogP contribution in [0.5, 0.6) is 17.2 Å². The molecular weight excluding hydrogens is 1650 g/mol. The number of aliphatic hydroxyl groups excluding tert-OH is 1. The zero-order valence-corrected chi connectivity index (χ0v) is 68.2. The predicted octanol–water partition coefficient (Wildman–Crippen LogP) is 15.7. The number of aromatic nitrogens is 6. The van der Waals surface area contributed by atoms with Crippen LogP contribution in [0.15, 0.2) is 247 Å². The highest BCUT2D eigenvalue weighted by molar-refractivity contribution is 5.68. The van der Waals surface area contributed by atoms with E-state index in [1.165, 1.54) is 26.8 Å². The van der Waals surface area contributed by atoms with Crippen molar-refractivity contribution in [2.75, 3.05) is 33.9 Å². The summed E-state index contributed by atoms with van der Waals surface area (Å²) >= 11 is 0. The first-order valence-electron chi connectivity index (χ1n) is 39.4. The van der Waals surface area contributed by atoms with Gasteiger partial charge in [-0.3, -0.25) is 46.6 Å². The number of carboxylic acids is 1. The number of nitrogens with two attached hydrogens (primary N) is 1. The maximum absolute atomic E-state index is 14.9. The predicted molar refractivity (Wildman–Crippen MR) is 447 cm³/mol. The molecule has 658 valence electrons. The van der Waals surface area contributed by atoms with E-state index in [1.807, 2.05) is 12.1 Å². The number of alkyl halides is 9. The number of nitrogens with one attached hydrogen (secondary N) is 2. The van der Waals surface area contributed by atoms with Crippen molar-refractivity contribution in [1.29, 1.82) is 0 Å². The molecular formula is C92H89F12N9O12. The van der Waals surface area contributed by atoms with Crippen molar-refractivity contribution in [3.63, 3.8) is 0 Å². The Bertz CT molecular complexity index is 6170. The first-order valence-corrected chi connectivity index (χ1v) is 39.4. The van der Waals surface area contributed by atoms with Crippen LogP contribution in [-0.4, -0.2) is 82.6 Å². The van der Waals surface area contributed by atoms with Crippen LogP contribution in [0.3, 0.4) is 0 Å². The van der Waals surface area contributed by atoms with Crippen LogP contribution < -0.4 is 59.6 Å². The SMILES string of the molecule is CN[C@@H](CCn1c(=O)c(-c2ccccc2)c(C)n(Cc2c(F)cccc2C(F)(F)F)c1=O)c1ccccc1O.CN[C@@H](CCn1c(=O)c(-c2ccccc2)c(C)n(Cc2c(F)cccc2C(F)(F)F)c1=O)c1ccccc1OCCCO.Cc1c(-c2ccccc2)c(=O)n(CC[C@H](N)c2ccccc2OCCC(=O)O)c(=O)n1Cc1c(F)cccc1C(F)(F)F. The fourth-order valence-electron chi connectivity index (χ4n) is 14.7. The smallest absolute Gasteiger partial charge is 0.416 e. The van der Waals surface area contributed by atoms with Gasteiger partial charge in [-0.2, -0.15) is 39.5 Å². The van der Waals surface area contributed by atoms with Crippen molar-refractivity contribution in [3.05, 3.63) is 366 Å². The summed E-state index contributed by atoms with van der Waals surface area (Å²) < 4.78 is 186. The molecule has 0 aliphatic rings. The molecule has 0 spiro atoms. The normalized spacial score (nSPS) is 12.3. The van der Waals surface area contributed by atoms with Crippen LogP contribution in [0.2, 0.25) is 0 Å². The maximum Gasteiger partial charge on any atom is 0.416 e. The Kier molecular flexibility index (Phi) is 31.5. The topological polar surface area (TPSA) is 278 Å². The van der Waals surface area contributed by atoms with E-state index in [1.54, 1.807) is 160 Å². The number of phenols is 1. The lowest BCUT2D eigenvalue weighted by molar-refractivity contribution is -0.139. The molecule has 0 aliphatic heterocycles. The van der Waals surface area contributed by atoms with E-state index >= 15 is 0 Å². The molecule has 0 amide bonds. The van der Waals surface area contributed by atoms with Crippen molar-refractivity contribution in [2.24, 2.45) is 5.73 Å². The van der Waals surface area contributed by atoms with Crippen LogP contribution in [0, 0.1) is 38.2 Å². The number of aromatic hydroxyl groups is 1. The first-order chi connectivity index (χ1) is 59.5. The van der Waals surface area contributed by atoms with E-state index in [2.05, 4.69) is 10.6 Å². The zero-order valence-electron chi connectivity index (χ0n) is 68.2. The minimum absolute atomic E-state index is 0.0265. The Hall–Kier alpha value is -13.1. The van der Waals surface area contributed by atoms with E-state index in [9.17, 15) is 91.4 Å². The van der Waals surface area contributed by atoms with E-state index in [0.29, 0.717) is 52.3 Å². The van der Waals surface area contributed by atoms with Gasteiger partial charge in [0.2, 0.25) is 0 Å². The van der Waals surface area contributed by atoms with E-state index < -0.39 is 141 Å². The van der Waals surface area contributed by atoms with Gasteiger partial charge in [0, 0.05) is 101 Å². The summed E-state index contributed by atoms with van der Waals surface area (Å²) in [5, 5.41) is 34.5. The highest BCUT2D eigenvalue weighted by Crippen LogP contribution is 2.39. The molecule has 21 nitrogen and oxygen atoms in total. The first kappa shape index (κ1) is 94.1. The summed E-state index contributed by atoms with van der Waals surface area (Å²) in [7, 11) is 3.39. The number of carboxylic acid groups (broad SMARTS) is 1. The molecule has 33 heteroatoms. The Morgan fingerprint density at radius 3 is 1.06 bits per heavy atom. The van der Waals surface area contributed by atoms with Gasteiger partial charge in [-0.05, 0) is 125 Å². The second kappa shape index (κ2) is 41.8. The van der Waals surface area contributed by atoms with Gasteiger partial charge in [-0.15, -0.1) is 0 Å². The molecule has 125 heavy (non-hydrogen) atoms.